The molecule has 0 spiro atoms. The lowest BCUT2D eigenvalue weighted by molar-refractivity contribution is 0.658. The van der Waals surface area contributed by atoms with Crippen LogP contribution in [-0.4, -0.2) is 0 Å². The van der Waals surface area contributed by atoms with Crippen molar-refractivity contribution in [1.29, 1.82) is 0 Å². The van der Waals surface area contributed by atoms with E-state index in [9.17, 15) is 0 Å². The zero-order chi connectivity index (χ0) is 27.1. The summed E-state index contributed by atoms with van der Waals surface area (Å²) in [6.07, 6.45) is 20.7. The van der Waals surface area contributed by atoms with E-state index in [0.717, 1.165) is 0 Å². The van der Waals surface area contributed by atoms with Gasteiger partial charge in [0.15, 0.2) is 0 Å². The Balaban J connectivity index is 1.40. The first kappa shape index (κ1) is 24.4. The van der Waals surface area contributed by atoms with Crippen molar-refractivity contribution in [2.24, 2.45) is 11.8 Å². The van der Waals surface area contributed by atoms with Crippen LogP contribution >= 0.6 is 0 Å². The van der Waals surface area contributed by atoms with Crippen LogP contribution < -0.4 is 0 Å². The topological polar surface area (TPSA) is 0 Å². The summed E-state index contributed by atoms with van der Waals surface area (Å²) in [5.74, 6) is 0.739. The number of hydrogen-bond donors (Lipinski definition) is 0. The summed E-state index contributed by atoms with van der Waals surface area (Å²) in [4.78, 5) is 0. The largest absolute Gasteiger partial charge is 0.0877 e. The SMILES string of the molecule is C/C=C\C=C(/C)C1=CC2C=CC(c3c4ccccc4c(-c4ccc5ccccc5c4)c4ccccc34)=CC2C=C1. The van der Waals surface area contributed by atoms with Gasteiger partial charge in [0.25, 0.3) is 0 Å². The minimum absolute atomic E-state index is 0.357. The first-order chi connectivity index (χ1) is 19.7. The minimum atomic E-state index is 0.357. The van der Waals surface area contributed by atoms with E-state index < -0.39 is 0 Å². The van der Waals surface area contributed by atoms with Gasteiger partial charge >= 0.3 is 0 Å². The zero-order valence-corrected chi connectivity index (χ0v) is 23.0. The minimum Gasteiger partial charge on any atom is -0.0877 e. The molecule has 2 aliphatic carbocycles. The van der Waals surface area contributed by atoms with Crippen LogP contribution in [0.25, 0.3) is 49.0 Å². The van der Waals surface area contributed by atoms with Crippen LogP contribution in [-0.2, 0) is 0 Å². The van der Waals surface area contributed by atoms with E-state index in [1.54, 1.807) is 0 Å². The lowest BCUT2D eigenvalue weighted by Gasteiger charge is -2.27. The van der Waals surface area contributed by atoms with Gasteiger partial charge in [-0.3, -0.25) is 0 Å². The highest BCUT2D eigenvalue weighted by atomic mass is 14.3. The summed E-state index contributed by atoms with van der Waals surface area (Å²) < 4.78 is 0. The molecule has 0 radical (unpaired) electrons. The van der Waals surface area contributed by atoms with Gasteiger partial charge in [-0.05, 0) is 85.6 Å². The van der Waals surface area contributed by atoms with E-state index in [2.05, 4.69) is 160 Å². The van der Waals surface area contributed by atoms with Crippen LogP contribution in [0.15, 0.2) is 157 Å². The summed E-state index contributed by atoms with van der Waals surface area (Å²) in [5, 5.41) is 7.75. The van der Waals surface area contributed by atoms with Crippen molar-refractivity contribution in [3.8, 4) is 11.1 Å². The molecule has 0 saturated heterocycles. The number of rotatable bonds is 4. The summed E-state index contributed by atoms with van der Waals surface area (Å²) >= 11 is 0. The highest BCUT2D eigenvalue weighted by Crippen LogP contribution is 2.44. The molecule has 0 aliphatic heterocycles. The number of benzene rings is 5. The molecule has 40 heavy (non-hydrogen) atoms. The van der Waals surface area contributed by atoms with E-state index in [1.165, 1.54) is 65.7 Å². The van der Waals surface area contributed by atoms with Gasteiger partial charge in [0, 0.05) is 11.8 Å². The smallest absolute Gasteiger partial charge is 0.00571 e. The van der Waals surface area contributed by atoms with Crippen LogP contribution in [0.3, 0.4) is 0 Å². The summed E-state index contributed by atoms with van der Waals surface area (Å²) in [6.45, 7) is 4.25. The van der Waals surface area contributed by atoms with E-state index >= 15 is 0 Å². The van der Waals surface area contributed by atoms with Gasteiger partial charge in [0.05, 0.1) is 0 Å². The third-order valence-electron chi connectivity index (χ3n) is 8.44. The molecule has 0 aromatic heterocycles. The quantitative estimate of drug-likeness (QED) is 0.166. The lowest BCUT2D eigenvalue weighted by Crippen LogP contribution is -2.13. The zero-order valence-electron chi connectivity index (χ0n) is 23.0. The fraction of sp³-hybridized carbons (Fsp3) is 0.100. The molecule has 0 heterocycles. The average Bonchev–Trinajstić information content (AvgIpc) is 3.01. The molecular weight excluding hydrogens is 480 g/mol. The Labute approximate surface area is 236 Å². The second-order valence-corrected chi connectivity index (χ2v) is 10.9. The molecule has 0 amide bonds. The Hall–Kier alpha value is -4.68. The number of fused-ring (bicyclic) bond motifs is 4. The van der Waals surface area contributed by atoms with Gasteiger partial charge in [0.1, 0.15) is 0 Å². The molecule has 7 rings (SSSR count). The molecule has 0 nitrogen and oxygen atoms in total. The Morgan fingerprint density at radius 3 is 1.93 bits per heavy atom. The van der Waals surface area contributed by atoms with Gasteiger partial charge in [-0.1, -0.05) is 140 Å². The summed E-state index contributed by atoms with van der Waals surface area (Å²) in [7, 11) is 0. The second-order valence-electron chi connectivity index (χ2n) is 10.9. The number of allylic oxidation sites excluding steroid dienone is 12. The van der Waals surface area contributed by atoms with Crippen LogP contribution in [0.4, 0.5) is 0 Å². The fourth-order valence-corrected chi connectivity index (χ4v) is 6.41. The molecule has 0 saturated carbocycles. The maximum Gasteiger partial charge on any atom is 0.00571 e. The molecule has 192 valence electrons. The van der Waals surface area contributed by atoms with Gasteiger partial charge in [0.2, 0.25) is 0 Å². The Morgan fingerprint density at radius 1 is 0.625 bits per heavy atom. The van der Waals surface area contributed by atoms with Crippen molar-refractivity contribution in [3.63, 3.8) is 0 Å². The summed E-state index contributed by atoms with van der Waals surface area (Å²) in [5.41, 5.74) is 7.83. The van der Waals surface area contributed by atoms with Gasteiger partial charge in [-0.2, -0.15) is 0 Å². The molecule has 2 unspecified atom stereocenters. The molecule has 0 bridgehead atoms. The van der Waals surface area contributed by atoms with Crippen LogP contribution in [0.2, 0.25) is 0 Å². The molecule has 0 fully saturated rings. The molecule has 2 atom stereocenters. The molecule has 0 N–H and O–H groups in total. The van der Waals surface area contributed by atoms with Gasteiger partial charge in [-0.25, -0.2) is 0 Å². The molecule has 5 aromatic carbocycles. The summed E-state index contributed by atoms with van der Waals surface area (Å²) in [6, 6.07) is 33.4. The molecule has 0 heteroatoms. The van der Waals surface area contributed by atoms with Crippen LogP contribution in [0, 0.1) is 11.8 Å². The third-order valence-corrected chi connectivity index (χ3v) is 8.44. The molecule has 5 aromatic rings. The van der Waals surface area contributed by atoms with Crippen molar-refractivity contribution in [3.05, 3.63) is 162 Å². The standard InChI is InChI=1S/C40H32/c1-3-4-11-27(2)29-19-20-32-26-34(23-21-31(32)24-29)40-37-16-9-7-14-35(37)39(36-15-8-10-17-38(36)40)33-22-18-28-12-5-6-13-30(28)25-33/h3-26,31-32H,1-2H3/b4-3-,27-11+. The van der Waals surface area contributed by atoms with Crippen molar-refractivity contribution in [2.45, 2.75) is 13.8 Å². The Bertz CT molecular complexity index is 1910. The fourth-order valence-electron chi connectivity index (χ4n) is 6.41. The van der Waals surface area contributed by atoms with Crippen molar-refractivity contribution in [1.82, 2.24) is 0 Å². The predicted molar refractivity (Wildman–Crippen MR) is 174 cm³/mol. The van der Waals surface area contributed by atoms with E-state index in [-0.39, 0.29) is 0 Å². The van der Waals surface area contributed by atoms with E-state index in [0.29, 0.717) is 11.8 Å². The highest BCUT2D eigenvalue weighted by molar-refractivity contribution is 6.19. The highest BCUT2D eigenvalue weighted by Gasteiger charge is 2.24. The number of hydrogen-bond acceptors (Lipinski definition) is 0. The van der Waals surface area contributed by atoms with Crippen LogP contribution in [0.1, 0.15) is 19.4 Å². The second kappa shape index (κ2) is 10.1. The lowest BCUT2D eigenvalue weighted by atomic mass is 9.77. The predicted octanol–water partition coefficient (Wildman–Crippen LogP) is 11.0. The van der Waals surface area contributed by atoms with Gasteiger partial charge < -0.3 is 0 Å². The van der Waals surface area contributed by atoms with Crippen molar-refractivity contribution >= 4 is 37.9 Å². The maximum atomic E-state index is 2.48. The average molecular weight is 513 g/mol. The van der Waals surface area contributed by atoms with Crippen LogP contribution in [0.5, 0.6) is 0 Å². The van der Waals surface area contributed by atoms with Gasteiger partial charge in [-0.15, -0.1) is 0 Å². The maximum absolute atomic E-state index is 2.48. The molecular formula is C40H32. The van der Waals surface area contributed by atoms with Crippen molar-refractivity contribution < 1.29 is 0 Å². The van der Waals surface area contributed by atoms with E-state index in [4.69, 9.17) is 0 Å². The first-order valence-corrected chi connectivity index (χ1v) is 14.2. The molecule has 2 aliphatic rings. The monoisotopic (exact) mass is 512 g/mol. The third kappa shape index (κ3) is 4.17. The van der Waals surface area contributed by atoms with Crippen molar-refractivity contribution in [2.75, 3.05) is 0 Å². The van der Waals surface area contributed by atoms with E-state index in [1.807, 2.05) is 0 Å². The first-order valence-electron chi connectivity index (χ1n) is 14.2. The Kier molecular flexibility index (Phi) is 6.17. The Morgan fingerprint density at radius 2 is 1.23 bits per heavy atom. The normalized spacial score (nSPS) is 18.9.